The van der Waals surface area contributed by atoms with Gasteiger partial charge in [-0.15, -0.1) is 11.8 Å². The second kappa shape index (κ2) is 9.04. The van der Waals surface area contributed by atoms with Crippen molar-refractivity contribution >= 4 is 17.7 Å². The number of unbranched alkanes of at least 4 members (excludes halogenated alkanes) is 2. The highest BCUT2D eigenvalue weighted by Crippen LogP contribution is 2.16. The van der Waals surface area contributed by atoms with Crippen molar-refractivity contribution in [3.63, 3.8) is 0 Å². The maximum absolute atomic E-state index is 11.6. The molecule has 0 aromatic carbocycles. The van der Waals surface area contributed by atoms with Gasteiger partial charge in [-0.05, 0) is 13.3 Å². The Labute approximate surface area is 97.6 Å². The van der Waals surface area contributed by atoms with E-state index in [4.69, 9.17) is 5.73 Å². The number of nitrogens with one attached hydrogen (secondary N) is 1. The summed E-state index contributed by atoms with van der Waals surface area (Å²) in [7, 11) is 0. The third-order valence-electron chi connectivity index (χ3n) is 2.22. The Bertz CT molecular complexity index is 176. The van der Waals surface area contributed by atoms with Crippen LogP contribution in [0.3, 0.4) is 0 Å². The van der Waals surface area contributed by atoms with E-state index in [2.05, 4.69) is 12.2 Å². The van der Waals surface area contributed by atoms with Crippen LogP contribution in [0.5, 0.6) is 0 Å². The predicted molar refractivity (Wildman–Crippen MR) is 68.1 cm³/mol. The summed E-state index contributed by atoms with van der Waals surface area (Å²) >= 11 is 1.63. The molecule has 1 amide bonds. The second-order valence-corrected chi connectivity index (χ2v) is 5.61. The summed E-state index contributed by atoms with van der Waals surface area (Å²) in [5, 5.41) is 3.30. The van der Waals surface area contributed by atoms with E-state index in [1.807, 2.05) is 13.8 Å². The van der Waals surface area contributed by atoms with Crippen LogP contribution in [0.25, 0.3) is 0 Å². The van der Waals surface area contributed by atoms with Gasteiger partial charge in [-0.25, -0.2) is 0 Å². The molecule has 0 fully saturated rings. The number of thioether (sulfide) groups is 1. The van der Waals surface area contributed by atoms with E-state index in [9.17, 15) is 4.79 Å². The van der Waals surface area contributed by atoms with Crippen LogP contribution in [0.4, 0.5) is 0 Å². The smallest absolute Gasteiger partial charge is 0.232 e. The summed E-state index contributed by atoms with van der Waals surface area (Å²) < 4.78 is 0. The average molecular weight is 232 g/mol. The van der Waals surface area contributed by atoms with Crippen molar-refractivity contribution in [2.45, 2.75) is 50.5 Å². The number of carbonyl (C=O) groups is 1. The monoisotopic (exact) mass is 232 g/mol. The number of hydrogen-bond acceptors (Lipinski definition) is 3. The van der Waals surface area contributed by atoms with Gasteiger partial charge in [0.2, 0.25) is 5.91 Å². The average Bonchev–Trinajstić information content (AvgIpc) is 2.23. The van der Waals surface area contributed by atoms with Gasteiger partial charge in [0.05, 0.1) is 5.25 Å². The third-order valence-corrected chi connectivity index (χ3v) is 3.50. The minimum Gasteiger partial charge on any atom is -0.355 e. The Kier molecular flexibility index (Phi) is 8.91. The largest absolute Gasteiger partial charge is 0.355 e. The molecule has 0 aromatic heterocycles. The summed E-state index contributed by atoms with van der Waals surface area (Å²) in [6.45, 7) is 7.56. The maximum Gasteiger partial charge on any atom is 0.232 e. The molecule has 0 bridgehead atoms. The molecule has 0 radical (unpaired) electrons. The zero-order chi connectivity index (χ0) is 11.7. The fourth-order valence-electron chi connectivity index (χ4n) is 1.20. The number of amides is 1. The van der Waals surface area contributed by atoms with Gasteiger partial charge >= 0.3 is 0 Å². The summed E-state index contributed by atoms with van der Waals surface area (Å²) in [6.07, 6.45) is 3.44. The molecule has 3 N–H and O–H groups in total. The van der Waals surface area contributed by atoms with Crippen LogP contribution in [0.1, 0.15) is 40.0 Å². The van der Waals surface area contributed by atoms with Crippen LogP contribution >= 0.6 is 11.8 Å². The Morgan fingerprint density at radius 1 is 1.40 bits per heavy atom. The van der Waals surface area contributed by atoms with Gasteiger partial charge in [-0.3, -0.25) is 4.79 Å². The first-order valence-corrected chi connectivity index (χ1v) is 6.69. The standard InChI is InChI=1S/C11H24N2OS/c1-4-5-6-7-13-11(14)10(3)15-9(2)8-12/h9-10H,4-8,12H2,1-3H3,(H,13,14). The van der Waals surface area contributed by atoms with Crippen molar-refractivity contribution in [3.05, 3.63) is 0 Å². The zero-order valence-electron chi connectivity index (χ0n) is 10.1. The molecule has 0 aliphatic heterocycles. The van der Waals surface area contributed by atoms with E-state index in [1.54, 1.807) is 11.8 Å². The molecule has 4 heteroatoms. The topological polar surface area (TPSA) is 55.1 Å². The van der Waals surface area contributed by atoms with Crippen LogP contribution in [0, 0.1) is 0 Å². The molecule has 3 nitrogen and oxygen atoms in total. The molecule has 0 saturated heterocycles. The third kappa shape index (κ3) is 7.68. The summed E-state index contributed by atoms with van der Waals surface area (Å²) in [5.41, 5.74) is 5.51. The van der Waals surface area contributed by atoms with Crippen LogP contribution < -0.4 is 11.1 Å². The zero-order valence-corrected chi connectivity index (χ0v) is 10.9. The molecule has 0 aliphatic rings. The number of nitrogens with two attached hydrogens (primary N) is 1. The van der Waals surface area contributed by atoms with E-state index in [-0.39, 0.29) is 11.2 Å². The predicted octanol–water partition coefficient (Wildman–Crippen LogP) is 1.76. The highest BCUT2D eigenvalue weighted by Gasteiger charge is 2.15. The van der Waals surface area contributed by atoms with Gasteiger partial charge in [0.15, 0.2) is 0 Å². The van der Waals surface area contributed by atoms with E-state index in [0.717, 1.165) is 13.0 Å². The lowest BCUT2D eigenvalue weighted by molar-refractivity contribution is -0.120. The van der Waals surface area contributed by atoms with Gasteiger partial charge in [0.1, 0.15) is 0 Å². The molecular weight excluding hydrogens is 208 g/mol. The van der Waals surface area contributed by atoms with Crippen molar-refractivity contribution in [3.8, 4) is 0 Å². The van der Waals surface area contributed by atoms with Gasteiger partial charge in [0.25, 0.3) is 0 Å². The number of hydrogen-bond donors (Lipinski definition) is 2. The summed E-state index contributed by atoms with van der Waals surface area (Å²) in [4.78, 5) is 11.6. The fourth-order valence-corrected chi connectivity index (χ4v) is 2.21. The van der Waals surface area contributed by atoms with Crippen molar-refractivity contribution in [1.29, 1.82) is 0 Å². The molecule has 0 aromatic rings. The van der Waals surface area contributed by atoms with Crippen LogP contribution in [-0.2, 0) is 4.79 Å². The first kappa shape index (κ1) is 14.8. The van der Waals surface area contributed by atoms with Crippen molar-refractivity contribution in [1.82, 2.24) is 5.32 Å². The quantitative estimate of drug-likeness (QED) is 0.627. The molecule has 90 valence electrons. The first-order chi connectivity index (χ1) is 7.11. The Morgan fingerprint density at radius 2 is 2.07 bits per heavy atom. The van der Waals surface area contributed by atoms with Gasteiger partial charge in [0, 0.05) is 18.3 Å². The lowest BCUT2D eigenvalue weighted by atomic mass is 10.2. The highest BCUT2D eigenvalue weighted by atomic mass is 32.2. The number of carbonyl (C=O) groups excluding carboxylic acids is 1. The minimum absolute atomic E-state index is 0.00479. The highest BCUT2D eigenvalue weighted by molar-refractivity contribution is 8.01. The lowest BCUT2D eigenvalue weighted by Gasteiger charge is -2.15. The van der Waals surface area contributed by atoms with E-state index < -0.39 is 0 Å². The SMILES string of the molecule is CCCCCNC(=O)C(C)SC(C)CN. The molecule has 2 unspecified atom stereocenters. The molecule has 0 spiro atoms. The Hall–Kier alpha value is -0.220. The van der Waals surface area contributed by atoms with Gasteiger partial charge in [-0.1, -0.05) is 26.7 Å². The summed E-state index contributed by atoms with van der Waals surface area (Å²) in [6, 6.07) is 0. The normalized spacial score (nSPS) is 14.7. The Morgan fingerprint density at radius 3 is 2.60 bits per heavy atom. The second-order valence-electron chi connectivity index (χ2n) is 3.82. The molecule has 15 heavy (non-hydrogen) atoms. The van der Waals surface area contributed by atoms with Crippen LogP contribution in [0.2, 0.25) is 0 Å². The van der Waals surface area contributed by atoms with Crippen LogP contribution in [-0.4, -0.2) is 29.5 Å². The Balaban J connectivity index is 3.60. The molecular formula is C11H24N2OS. The van der Waals surface area contributed by atoms with Gasteiger partial charge < -0.3 is 11.1 Å². The molecule has 0 heterocycles. The van der Waals surface area contributed by atoms with Crippen molar-refractivity contribution < 1.29 is 4.79 Å². The van der Waals surface area contributed by atoms with Crippen molar-refractivity contribution in [2.24, 2.45) is 5.73 Å². The molecule has 0 rings (SSSR count). The van der Waals surface area contributed by atoms with Crippen LogP contribution in [0.15, 0.2) is 0 Å². The van der Waals surface area contributed by atoms with E-state index in [1.165, 1.54) is 12.8 Å². The summed E-state index contributed by atoms with van der Waals surface area (Å²) in [5.74, 6) is 0.136. The first-order valence-electron chi connectivity index (χ1n) is 5.75. The minimum atomic E-state index is 0.00479. The van der Waals surface area contributed by atoms with Crippen molar-refractivity contribution in [2.75, 3.05) is 13.1 Å². The molecule has 0 saturated carbocycles. The molecule has 0 aliphatic carbocycles. The van der Waals surface area contributed by atoms with E-state index in [0.29, 0.717) is 11.8 Å². The molecule has 2 atom stereocenters. The lowest BCUT2D eigenvalue weighted by Crippen LogP contribution is -2.33. The number of rotatable bonds is 8. The maximum atomic E-state index is 11.6. The van der Waals surface area contributed by atoms with Gasteiger partial charge in [-0.2, -0.15) is 0 Å². The van der Waals surface area contributed by atoms with E-state index >= 15 is 0 Å². The fraction of sp³-hybridized carbons (Fsp3) is 0.909.